The lowest BCUT2D eigenvalue weighted by Gasteiger charge is -2.12. The molecule has 0 unspecified atom stereocenters. The van der Waals surface area contributed by atoms with Crippen LogP contribution >= 0.6 is 0 Å². The summed E-state index contributed by atoms with van der Waals surface area (Å²) in [5.41, 5.74) is 0. The monoisotopic (exact) mass is 208 g/mol. The van der Waals surface area contributed by atoms with Gasteiger partial charge in [-0.05, 0) is 19.6 Å². The van der Waals surface area contributed by atoms with Crippen molar-refractivity contribution in [2.45, 2.75) is 25.7 Å². The fourth-order valence-electron chi connectivity index (χ4n) is 1.50. The molecule has 0 N–H and O–H groups in total. The van der Waals surface area contributed by atoms with Crippen LogP contribution in [0.3, 0.4) is 0 Å². The van der Waals surface area contributed by atoms with E-state index >= 15 is 0 Å². The number of nitrogens with zero attached hydrogens (tertiary/aromatic N) is 2. The Balaban J connectivity index is 2.08. The van der Waals surface area contributed by atoms with Crippen molar-refractivity contribution in [2.24, 2.45) is 4.99 Å². The molecule has 4 heteroatoms. The Hall–Kier alpha value is -1.45. The Kier molecular flexibility index (Phi) is 4.74. The van der Waals surface area contributed by atoms with Gasteiger partial charge in [-0.25, -0.2) is 0 Å². The maximum atomic E-state index is 11.1. The van der Waals surface area contributed by atoms with Crippen LogP contribution in [0.15, 0.2) is 17.1 Å². The van der Waals surface area contributed by atoms with Gasteiger partial charge in [0.05, 0.1) is 0 Å². The fourth-order valence-corrected chi connectivity index (χ4v) is 1.50. The van der Waals surface area contributed by atoms with Crippen molar-refractivity contribution in [1.29, 1.82) is 0 Å². The van der Waals surface area contributed by atoms with Crippen molar-refractivity contribution >= 4 is 18.5 Å². The van der Waals surface area contributed by atoms with Crippen LogP contribution in [0.1, 0.15) is 25.7 Å². The maximum Gasteiger partial charge on any atom is 0.253 e. The van der Waals surface area contributed by atoms with Crippen LogP contribution < -0.4 is 0 Å². The van der Waals surface area contributed by atoms with E-state index in [-0.39, 0.29) is 11.8 Å². The molecular weight excluding hydrogens is 192 g/mol. The highest BCUT2D eigenvalue weighted by Gasteiger charge is 2.21. The van der Waals surface area contributed by atoms with Crippen molar-refractivity contribution in [3.63, 3.8) is 0 Å². The third-order valence-electron chi connectivity index (χ3n) is 2.35. The molecule has 0 spiro atoms. The molecule has 1 rings (SSSR count). The van der Waals surface area contributed by atoms with E-state index in [0.29, 0.717) is 6.54 Å². The normalized spacial score (nSPS) is 15.1. The van der Waals surface area contributed by atoms with Crippen molar-refractivity contribution in [3.8, 4) is 0 Å². The first kappa shape index (κ1) is 11.6. The fraction of sp³-hybridized carbons (Fsp3) is 0.545. The number of amides is 2. The van der Waals surface area contributed by atoms with E-state index in [9.17, 15) is 9.59 Å². The first-order chi connectivity index (χ1) is 7.25. The summed E-state index contributed by atoms with van der Waals surface area (Å²) in [5, 5.41) is 0. The van der Waals surface area contributed by atoms with Gasteiger partial charge in [0, 0.05) is 25.2 Å². The zero-order valence-electron chi connectivity index (χ0n) is 8.82. The Labute approximate surface area is 89.7 Å². The Morgan fingerprint density at radius 3 is 2.27 bits per heavy atom. The minimum absolute atomic E-state index is 0.187. The molecule has 0 aromatic carbocycles. The average molecular weight is 208 g/mol. The van der Waals surface area contributed by atoms with Gasteiger partial charge in [-0.3, -0.25) is 14.5 Å². The highest BCUT2D eigenvalue weighted by molar-refractivity contribution is 6.12. The number of imide groups is 1. The van der Waals surface area contributed by atoms with E-state index in [4.69, 9.17) is 0 Å². The second kappa shape index (κ2) is 6.11. The summed E-state index contributed by atoms with van der Waals surface area (Å²) in [7, 11) is 0. The molecule has 15 heavy (non-hydrogen) atoms. The molecule has 0 fully saturated rings. The molecule has 0 aromatic rings. The van der Waals surface area contributed by atoms with Crippen molar-refractivity contribution in [2.75, 3.05) is 13.1 Å². The third kappa shape index (κ3) is 3.65. The minimum atomic E-state index is -0.187. The van der Waals surface area contributed by atoms with Gasteiger partial charge in [-0.1, -0.05) is 12.8 Å². The van der Waals surface area contributed by atoms with Gasteiger partial charge in [0.25, 0.3) is 11.8 Å². The molecule has 0 bridgehead atoms. The predicted molar refractivity (Wildman–Crippen MR) is 58.7 cm³/mol. The van der Waals surface area contributed by atoms with E-state index in [1.807, 2.05) is 0 Å². The Morgan fingerprint density at radius 2 is 1.67 bits per heavy atom. The van der Waals surface area contributed by atoms with E-state index in [1.165, 1.54) is 17.1 Å². The lowest BCUT2D eigenvalue weighted by atomic mass is 10.2. The summed E-state index contributed by atoms with van der Waals surface area (Å²) in [5.74, 6) is -0.375. The number of rotatable bonds is 7. The third-order valence-corrected chi connectivity index (χ3v) is 2.35. The van der Waals surface area contributed by atoms with Crippen molar-refractivity contribution in [3.05, 3.63) is 12.2 Å². The average Bonchev–Trinajstić information content (AvgIpc) is 2.54. The first-order valence-corrected chi connectivity index (χ1v) is 5.21. The van der Waals surface area contributed by atoms with Crippen LogP contribution in [0.4, 0.5) is 0 Å². The standard InChI is InChI=1S/C11H16N2O2/c1-12-8-4-2-3-5-9-13-10(14)6-7-11(13)15/h6-7H,1-5,8-9H2. The van der Waals surface area contributed by atoms with Crippen LogP contribution in [0.5, 0.6) is 0 Å². The topological polar surface area (TPSA) is 49.7 Å². The van der Waals surface area contributed by atoms with Gasteiger partial charge < -0.3 is 4.99 Å². The van der Waals surface area contributed by atoms with Crippen LogP contribution in [0, 0.1) is 0 Å². The largest absolute Gasteiger partial charge is 0.301 e. The van der Waals surface area contributed by atoms with Gasteiger partial charge in [-0.2, -0.15) is 0 Å². The highest BCUT2D eigenvalue weighted by atomic mass is 16.2. The van der Waals surface area contributed by atoms with Gasteiger partial charge in [-0.15, -0.1) is 0 Å². The quantitative estimate of drug-likeness (QED) is 0.358. The molecule has 1 heterocycles. The molecule has 0 aliphatic carbocycles. The maximum absolute atomic E-state index is 11.1. The molecular formula is C11H16N2O2. The van der Waals surface area contributed by atoms with Crippen LogP contribution in [0.25, 0.3) is 0 Å². The van der Waals surface area contributed by atoms with E-state index in [0.717, 1.165) is 32.2 Å². The first-order valence-electron chi connectivity index (χ1n) is 5.21. The summed E-state index contributed by atoms with van der Waals surface area (Å²) in [6, 6.07) is 0. The smallest absolute Gasteiger partial charge is 0.253 e. The summed E-state index contributed by atoms with van der Waals surface area (Å²) < 4.78 is 0. The molecule has 0 radical (unpaired) electrons. The van der Waals surface area contributed by atoms with E-state index in [2.05, 4.69) is 11.7 Å². The number of carbonyl (C=O) groups excluding carboxylic acids is 2. The molecule has 0 atom stereocenters. The zero-order valence-corrected chi connectivity index (χ0v) is 8.82. The van der Waals surface area contributed by atoms with Crippen LogP contribution in [-0.2, 0) is 9.59 Å². The second-order valence-electron chi connectivity index (χ2n) is 3.52. The lowest BCUT2D eigenvalue weighted by Crippen LogP contribution is -2.30. The zero-order chi connectivity index (χ0) is 11.1. The van der Waals surface area contributed by atoms with Crippen LogP contribution in [0.2, 0.25) is 0 Å². The molecule has 0 saturated heterocycles. The summed E-state index contributed by atoms with van der Waals surface area (Å²) in [4.78, 5) is 27.3. The van der Waals surface area contributed by atoms with Crippen LogP contribution in [-0.4, -0.2) is 36.5 Å². The molecule has 4 nitrogen and oxygen atoms in total. The summed E-state index contributed by atoms with van der Waals surface area (Å²) in [6.07, 6.45) is 6.64. The summed E-state index contributed by atoms with van der Waals surface area (Å²) in [6.45, 7) is 4.73. The van der Waals surface area contributed by atoms with E-state index in [1.54, 1.807) is 0 Å². The lowest BCUT2D eigenvalue weighted by molar-refractivity contribution is -0.136. The number of carbonyl (C=O) groups is 2. The molecule has 0 aromatic heterocycles. The number of hydrogen-bond donors (Lipinski definition) is 0. The Morgan fingerprint density at radius 1 is 1.07 bits per heavy atom. The number of hydrogen-bond acceptors (Lipinski definition) is 3. The number of aliphatic imine (C=N–C) groups is 1. The molecule has 0 saturated carbocycles. The minimum Gasteiger partial charge on any atom is -0.301 e. The predicted octanol–water partition coefficient (Wildman–Crippen LogP) is 1.17. The van der Waals surface area contributed by atoms with Gasteiger partial charge in [0.1, 0.15) is 0 Å². The summed E-state index contributed by atoms with van der Waals surface area (Å²) >= 11 is 0. The molecule has 1 aliphatic rings. The van der Waals surface area contributed by atoms with E-state index < -0.39 is 0 Å². The SMILES string of the molecule is C=NCCCCCCN1C(=O)C=CC1=O. The molecule has 1 aliphatic heterocycles. The highest BCUT2D eigenvalue weighted by Crippen LogP contribution is 2.07. The number of unbranched alkanes of at least 4 members (excludes halogenated alkanes) is 3. The van der Waals surface area contributed by atoms with Gasteiger partial charge in [0.2, 0.25) is 0 Å². The Bertz CT molecular complexity index is 266. The molecule has 2 amide bonds. The van der Waals surface area contributed by atoms with Gasteiger partial charge >= 0.3 is 0 Å². The van der Waals surface area contributed by atoms with Gasteiger partial charge in [0.15, 0.2) is 0 Å². The van der Waals surface area contributed by atoms with Crippen molar-refractivity contribution < 1.29 is 9.59 Å². The van der Waals surface area contributed by atoms with Crippen molar-refractivity contribution in [1.82, 2.24) is 4.90 Å². The second-order valence-corrected chi connectivity index (χ2v) is 3.52. The molecule has 82 valence electrons.